The number of carbonyl (C=O) groups excluding carboxylic acids is 2. The van der Waals surface area contributed by atoms with Gasteiger partial charge in [-0.3, -0.25) is 14.5 Å². The highest BCUT2D eigenvalue weighted by Crippen LogP contribution is 2.15. The van der Waals surface area contributed by atoms with E-state index in [4.69, 9.17) is 4.42 Å². The summed E-state index contributed by atoms with van der Waals surface area (Å²) in [6.45, 7) is 7.63. The Hall–Kier alpha value is -1.82. The standard InChI is InChI=1S/C17H27N3O3/c1-3-7-19(8-4-2)16(21)11-15-17(22)18-6-9-20(15)12-14-5-10-23-13-14/h5,10,13,15H,3-4,6-9,11-12H2,1-2H3,(H,18,22)/t15-/m1/s1. The maximum atomic E-state index is 12.6. The molecule has 0 unspecified atom stereocenters. The molecule has 0 radical (unpaired) electrons. The van der Waals surface area contributed by atoms with Gasteiger partial charge in [-0.05, 0) is 18.9 Å². The number of nitrogens with one attached hydrogen (secondary N) is 1. The van der Waals surface area contributed by atoms with Crippen LogP contribution in [0.2, 0.25) is 0 Å². The average Bonchev–Trinajstić information content (AvgIpc) is 3.03. The monoisotopic (exact) mass is 321 g/mol. The van der Waals surface area contributed by atoms with Crippen molar-refractivity contribution in [3.8, 4) is 0 Å². The summed E-state index contributed by atoms with van der Waals surface area (Å²) in [6.07, 6.45) is 5.42. The van der Waals surface area contributed by atoms with E-state index in [0.717, 1.165) is 38.0 Å². The molecule has 2 heterocycles. The summed E-state index contributed by atoms with van der Waals surface area (Å²) in [5, 5.41) is 2.88. The molecule has 1 N–H and O–H groups in total. The van der Waals surface area contributed by atoms with Gasteiger partial charge in [0.2, 0.25) is 11.8 Å². The Balaban J connectivity index is 2.02. The highest BCUT2D eigenvalue weighted by molar-refractivity contribution is 5.88. The molecule has 1 aliphatic heterocycles. The summed E-state index contributed by atoms with van der Waals surface area (Å²) < 4.78 is 5.10. The van der Waals surface area contributed by atoms with Crippen LogP contribution >= 0.6 is 0 Å². The molecule has 0 spiro atoms. The van der Waals surface area contributed by atoms with Gasteiger partial charge in [-0.2, -0.15) is 0 Å². The second-order valence-corrected chi connectivity index (χ2v) is 5.99. The van der Waals surface area contributed by atoms with Crippen LogP contribution in [0, 0.1) is 0 Å². The molecule has 128 valence electrons. The van der Waals surface area contributed by atoms with Crippen LogP contribution in [0.25, 0.3) is 0 Å². The largest absolute Gasteiger partial charge is 0.472 e. The van der Waals surface area contributed by atoms with Gasteiger partial charge in [0.1, 0.15) is 0 Å². The Kier molecular flexibility index (Phi) is 6.65. The third kappa shape index (κ3) is 4.82. The molecule has 0 aromatic carbocycles. The zero-order valence-corrected chi connectivity index (χ0v) is 14.1. The van der Waals surface area contributed by atoms with E-state index in [9.17, 15) is 9.59 Å². The summed E-state index contributed by atoms with van der Waals surface area (Å²) in [5.74, 6) is 0.00832. The molecule has 1 saturated heterocycles. The topological polar surface area (TPSA) is 65.8 Å². The lowest BCUT2D eigenvalue weighted by molar-refractivity contribution is -0.139. The highest BCUT2D eigenvalue weighted by atomic mass is 16.3. The SMILES string of the molecule is CCCN(CCC)C(=O)C[C@@H]1C(=O)NCCN1Cc1ccoc1. The van der Waals surface area contributed by atoms with Crippen LogP contribution in [0.4, 0.5) is 0 Å². The predicted octanol–water partition coefficient (Wildman–Crippen LogP) is 1.62. The first kappa shape index (κ1) is 17.5. The second-order valence-electron chi connectivity index (χ2n) is 5.99. The van der Waals surface area contributed by atoms with Crippen LogP contribution < -0.4 is 5.32 Å². The fourth-order valence-electron chi connectivity index (χ4n) is 2.99. The Morgan fingerprint density at radius 1 is 1.39 bits per heavy atom. The van der Waals surface area contributed by atoms with Gasteiger partial charge >= 0.3 is 0 Å². The average molecular weight is 321 g/mol. The molecule has 6 nitrogen and oxygen atoms in total. The van der Waals surface area contributed by atoms with Crippen molar-refractivity contribution >= 4 is 11.8 Å². The van der Waals surface area contributed by atoms with Crippen LogP contribution in [-0.2, 0) is 16.1 Å². The number of rotatable bonds is 8. The number of carbonyl (C=O) groups is 2. The van der Waals surface area contributed by atoms with E-state index in [2.05, 4.69) is 24.1 Å². The molecule has 1 aromatic heterocycles. The molecule has 1 aromatic rings. The number of furan rings is 1. The van der Waals surface area contributed by atoms with Gasteiger partial charge in [-0.25, -0.2) is 0 Å². The maximum absolute atomic E-state index is 12.6. The first-order chi connectivity index (χ1) is 11.2. The van der Waals surface area contributed by atoms with Crippen molar-refractivity contribution < 1.29 is 14.0 Å². The van der Waals surface area contributed by atoms with E-state index in [0.29, 0.717) is 13.1 Å². The lowest BCUT2D eigenvalue weighted by Gasteiger charge is -2.35. The minimum absolute atomic E-state index is 0.0546. The molecule has 0 saturated carbocycles. The van der Waals surface area contributed by atoms with E-state index >= 15 is 0 Å². The minimum Gasteiger partial charge on any atom is -0.472 e. The lowest BCUT2D eigenvalue weighted by Crippen LogP contribution is -2.56. The molecule has 1 atom stereocenters. The molecule has 0 aliphatic carbocycles. The van der Waals surface area contributed by atoms with Gasteiger partial charge in [-0.15, -0.1) is 0 Å². The predicted molar refractivity (Wildman–Crippen MR) is 87.7 cm³/mol. The van der Waals surface area contributed by atoms with Gasteiger partial charge in [0.05, 0.1) is 25.0 Å². The molecule has 2 amide bonds. The van der Waals surface area contributed by atoms with Crippen LogP contribution in [0.3, 0.4) is 0 Å². The number of hydrogen-bond donors (Lipinski definition) is 1. The molecule has 23 heavy (non-hydrogen) atoms. The Morgan fingerprint density at radius 3 is 2.74 bits per heavy atom. The van der Waals surface area contributed by atoms with Gasteiger partial charge in [0.15, 0.2) is 0 Å². The van der Waals surface area contributed by atoms with Crippen molar-refractivity contribution in [3.63, 3.8) is 0 Å². The first-order valence-electron chi connectivity index (χ1n) is 8.46. The Labute approximate surface area is 137 Å². The molecular weight excluding hydrogens is 294 g/mol. The van der Waals surface area contributed by atoms with Crippen molar-refractivity contribution in [2.24, 2.45) is 0 Å². The van der Waals surface area contributed by atoms with Crippen molar-refractivity contribution in [2.45, 2.75) is 45.7 Å². The molecule has 1 aliphatic rings. The van der Waals surface area contributed by atoms with Crippen molar-refractivity contribution in [1.29, 1.82) is 0 Å². The second kappa shape index (κ2) is 8.72. The highest BCUT2D eigenvalue weighted by Gasteiger charge is 2.32. The zero-order chi connectivity index (χ0) is 16.7. The molecule has 1 fully saturated rings. The molecule has 0 bridgehead atoms. The summed E-state index contributed by atoms with van der Waals surface area (Å²) in [7, 11) is 0. The normalized spacial score (nSPS) is 18.7. The Bertz CT molecular complexity index is 495. The van der Waals surface area contributed by atoms with Crippen LogP contribution in [-0.4, -0.2) is 53.8 Å². The van der Waals surface area contributed by atoms with Gasteiger partial charge in [-0.1, -0.05) is 13.8 Å². The summed E-state index contributed by atoms with van der Waals surface area (Å²) in [4.78, 5) is 28.8. The van der Waals surface area contributed by atoms with Crippen LogP contribution in [0.1, 0.15) is 38.7 Å². The van der Waals surface area contributed by atoms with Crippen molar-refractivity contribution in [2.75, 3.05) is 26.2 Å². The van der Waals surface area contributed by atoms with E-state index in [1.54, 1.807) is 12.5 Å². The number of amides is 2. The number of nitrogens with zero attached hydrogens (tertiary/aromatic N) is 2. The third-order valence-corrected chi connectivity index (χ3v) is 4.12. The minimum atomic E-state index is -0.401. The van der Waals surface area contributed by atoms with E-state index in [1.807, 2.05) is 11.0 Å². The summed E-state index contributed by atoms with van der Waals surface area (Å²) in [5.41, 5.74) is 1.02. The summed E-state index contributed by atoms with van der Waals surface area (Å²) >= 11 is 0. The van der Waals surface area contributed by atoms with Crippen molar-refractivity contribution in [1.82, 2.24) is 15.1 Å². The fraction of sp³-hybridized carbons (Fsp3) is 0.647. The molecule has 2 rings (SSSR count). The van der Waals surface area contributed by atoms with E-state index in [-0.39, 0.29) is 18.2 Å². The van der Waals surface area contributed by atoms with Gasteiger partial charge in [0, 0.05) is 38.3 Å². The van der Waals surface area contributed by atoms with Crippen LogP contribution in [0.15, 0.2) is 23.0 Å². The quantitative estimate of drug-likeness (QED) is 0.790. The molecular formula is C17H27N3O3. The fourth-order valence-corrected chi connectivity index (χ4v) is 2.99. The maximum Gasteiger partial charge on any atom is 0.237 e. The van der Waals surface area contributed by atoms with E-state index in [1.165, 1.54) is 0 Å². The van der Waals surface area contributed by atoms with Gasteiger partial charge in [0.25, 0.3) is 0 Å². The van der Waals surface area contributed by atoms with E-state index < -0.39 is 6.04 Å². The smallest absolute Gasteiger partial charge is 0.237 e. The third-order valence-electron chi connectivity index (χ3n) is 4.12. The molecule has 6 heteroatoms. The number of piperazine rings is 1. The van der Waals surface area contributed by atoms with Crippen molar-refractivity contribution in [3.05, 3.63) is 24.2 Å². The Morgan fingerprint density at radius 2 is 2.13 bits per heavy atom. The van der Waals surface area contributed by atoms with Gasteiger partial charge < -0.3 is 14.6 Å². The first-order valence-corrected chi connectivity index (χ1v) is 8.46. The summed E-state index contributed by atoms with van der Waals surface area (Å²) in [6, 6.07) is 1.49. The zero-order valence-electron chi connectivity index (χ0n) is 14.1. The van der Waals surface area contributed by atoms with Crippen LogP contribution in [0.5, 0.6) is 0 Å². The lowest BCUT2D eigenvalue weighted by atomic mass is 10.1. The number of hydrogen-bond acceptors (Lipinski definition) is 4.